The zero-order chi connectivity index (χ0) is 12.1. The van der Waals surface area contributed by atoms with Gasteiger partial charge in [0.25, 0.3) is 0 Å². The largest absolute Gasteiger partial charge is 0.389 e. The number of rotatable bonds is 5. The van der Waals surface area contributed by atoms with Gasteiger partial charge in [-0.25, -0.2) is 0 Å². The Bertz CT molecular complexity index is 372. The van der Waals surface area contributed by atoms with Gasteiger partial charge >= 0.3 is 0 Å². The van der Waals surface area contributed by atoms with E-state index in [1.54, 1.807) is 0 Å². The van der Waals surface area contributed by atoms with Crippen molar-refractivity contribution < 1.29 is 0 Å². The third-order valence-corrected chi connectivity index (χ3v) is 2.70. The molecule has 0 heterocycles. The minimum Gasteiger partial charge on any atom is -0.389 e. The Labute approximate surface area is 103 Å². The van der Waals surface area contributed by atoms with Gasteiger partial charge in [-0.3, -0.25) is 0 Å². The van der Waals surface area contributed by atoms with Crippen molar-refractivity contribution in [3.63, 3.8) is 0 Å². The van der Waals surface area contributed by atoms with Crippen LogP contribution in [0, 0.1) is 12.8 Å². The molecule has 0 saturated heterocycles. The van der Waals surface area contributed by atoms with Crippen molar-refractivity contribution in [2.75, 3.05) is 11.9 Å². The van der Waals surface area contributed by atoms with Gasteiger partial charge in [0.1, 0.15) is 4.99 Å². The van der Waals surface area contributed by atoms with Crippen LogP contribution in [-0.4, -0.2) is 11.5 Å². The molecule has 0 amide bonds. The van der Waals surface area contributed by atoms with Crippen molar-refractivity contribution >= 4 is 22.9 Å². The third-order valence-electron chi connectivity index (χ3n) is 2.48. The molecule has 0 saturated carbocycles. The average Bonchev–Trinajstić information content (AvgIpc) is 2.16. The second kappa shape index (κ2) is 5.85. The van der Waals surface area contributed by atoms with Gasteiger partial charge in [-0.1, -0.05) is 32.1 Å². The van der Waals surface area contributed by atoms with E-state index in [1.165, 1.54) is 5.56 Å². The Morgan fingerprint density at radius 3 is 2.69 bits per heavy atom. The molecule has 1 aromatic carbocycles. The van der Waals surface area contributed by atoms with Gasteiger partial charge in [-0.05, 0) is 37.0 Å². The van der Waals surface area contributed by atoms with E-state index >= 15 is 0 Å². The monoisotopic (exact) mass is 236 g/mol. The third kappa shape index (κ3) is 3.81. The van der Waals surface area contributed by atoms with Gasteiger partial charge in [0.05, 0.1) is 0 Å². The van der Waals surface area contributed by atoms with Crippen LogP contribution in [-0.2, 0) is 0 Å². The maximum atomic E-state index is 5.69. The normalized spacial score (nSPS) is 10.5. The number of hydrogen-bond donors (Lipinski definition) is 2. The van der Waals surface area contributed by atoms with E-state index in [4.69, 9.17) is 18.0 Å². The Hall–Kier alpha value is -1.09. The number of aryl methyl sites for hydroxylation is 1. The quantitative estimate of drug-likeness (QED) is 0.772. The van der Waals surface area contributed by atoms with E-state index in [0.717, 1.165) is 24.2 Å². The summed E-state index contributed by atoms with van der Waals surface area (Å²) in [5, 5.41) is 3.40. The molecule has 0 aromatic heterocycles. The molecule has 2 nitrogen and oxygen atoms in total. The number of nitrogens with one attached hydrogen (secondary N) is 1. The number of thiocarbonyl (C=S) groups is 1. The van der Waals surface area contributed by atoms with Crippen LogP contribution in [0.1, 0.15) is 31.4 Å². The molecule has 0 bridgehead atoms. The lowest BCUT2D eigenvalue weighted by atomic mass is 10.1. The summed E-state index contributed by atoms with van der Waals surface area (Å²) in [6.07, 6.45) is 1.14. The zero-order valence-electron chi connectivity index (χ0n) is 10.2. The lowest BCUT2D eigenvalue weighted by Gasteiger charge is -2.13. The first-order chi connectivity index (χ1) is 7.50. The van der Waals surface area contributed by atoms with Crippen molar-refractivity contribution in [3.8, 4) is 0 Å². The summed E-state index contributed by atoms with van der Waals surface area (Å²) < 4.78 is 0. The first-order valence-corrected chi connectivity index (χ1v) is 6.06. The Balaban J connectivity index is 2.76. The average molecular weight is 236 g/mol. The molecule has 1 aromatic rings. The van der Waals surface area contributed by atoms with Crippen molar-refractivity contribution in [1.29, 1.82) is 0 Å². The predicted octanol–water partition coefficient (Wildman–Crippen LogP) is 3.09. The van der Waals surface area contributed by atoms with Gasteiger partial charge in [0.2, 0.25) is 0 Å². The van der Waals surface area contributed by atoms with Gasteiger partial charge in [0, 0.05) is 17.8 Å². The standard InChI is InChI=1S/C13H20N2S/c1-9(2)6-7-15-12-8-10(3)4-5-11(12)13(14)16/h4-5,8-9,15H,6-7H2,1-3H3,(H2,14,16). The number of nitrogens with two attached hydrogens (primary N) is 1. The van der Waals surface area contributed by atoms with E-state index in [9.17, 15) is 0 Å². The molecule has 3 heteroatoms. The van der Waals surface area contributed by atoms with Gasteiger partial charge in [-0.15, -0.1) is 0 Å². The molecule has 0 aliphatic carbocycles. The molecule has 0 unspecified atom stereocenters. The summed E-state index contributed by atoms with van der Waals surface area (Å²) in [7, 11) is 0. The molecule has 88 valence electrons. The molecule has 0 radical (unpaired) electrons. The van der Waals surface area contributed by atoms with Crippen LogP contribution < -0.4 is 11.1 Å². The summed E-state index contributed by atoms with van der Waals surface area (Å²) in [6.45, 7) is 7.45. The SMILES string of the molecule is Cc1ccc(C(N)=S)c(NCCC(C)C)c1. The number of hydrogen-bond acceptors (Lipinski definition) is 2. The van der Waals surface area contributed by atoms with Crippen molar-refractivity contribution in [1.82, 2.24) is 0 Å². The first kappa shape index (κ1) is 13.0. The van der Waals surface area contributed by atoms with Crippen molar-refractivity contribution in [3.05, 3.63) is 29.3 Å². The maximum Gasteiger partial charge on any atom is 0.106 e. The van der Waals surface area contributed by atoms with E-state index in [1.807, 2.05) is 12.1 Å². The maximum absolute atomic E-state index is 5.69. The van der Waals surface area contributed by atoms with Crippen LogP contribution in [0.25, 0.3) is 0 Å². The van der Waals surface area contributed by atoms with Crippen LogP contribution in [0.2, 0.25) is 0 Å². The fraction of sp³-hybridized carbons (Fsp3) is 0.462. The number of benzene rings is 1. The predicted molar refractivity (Wildman–Crippen MR) is 75.0 cm³/mol. The Morgan fingerprint density at radius 2 is 2.12 bits per heavy atom. The fourth-order valence-electron chi connectivity index (χ4n) is 1.51. The minimum absolute atomic E-state index is 0.451. The summed E-state index contributed by atoms with van der Waals surface area (Å²) >= 11 is 5.03. The highest BCUT2D eigenvalue weighted by atomic mass is 32.1. The zero-order valence-corrected chi connectivity index (χ0v) is 11.0. The molecule has 3 N–H and O–H groups in total. The second-order valence-electron chi connectivity index (χ2n) is 4.52. The molecular weight excluding hydrogens is 216 g/mol. The van der Waals surface area contributed by atoms with Crippen LogP contribution in [0.15, 0.2) is 18.2 Å². The number of anilines is 1. The van der Waals surface area contributed by atoms with Gasteiger partial charge in [0.15, 0.2) is 0 Å². The van der Waals surface area contributed by atoms with Crippen LogP contribution in [0.3, 0.4) is 0 Å². The van der Waals surface area contributed by atoms with Crippen LogP contribution >= 0.6 is 12.2 Å². The van der Waals surface area contributed by atoms with Crippen molar-refractivity contribution in [2.24, 2.45) is 11.7 Å². The highest BCUT2D eigenvalue weighted by molar-refractivity contribution is 7.80. The molecule has 0 fully saturated rings. The molecule has 0 atom stereocenters. The smallest absolute Gasteiger partial charge is 0.106 e. The van der Waals surface area contributed by atoms with E-state index in [2.05, 4.69) is 32.2 Å². The lowest BCUT2D eigenvalue weighted by molar-refractivity contribution is 0.607. The summed E-state index contributed by atoms with van der Waals surface area (Å²) in [5.74, 6) is 0.700. The van der Waals surface area contributed by atoms with Gasteiger partial charge < -0.3 is 11.1 Å². The molecular formula is C13H20N2S. The summed E-state index contributed by atoms with van der Waals surface area (Å²) in [4.78, 5) is 0.451. The fourth-order valence-corrected chi connectivity index (χ4v) is 1.69. The highest BCUT2D eigenvalue weighted by Gasteiger charge is 2.05. The lowest BCUT2D eigenvalue weighted by Crippen LogP contribution is -2.14. The molecule has 0 aliphatic heterocycles. The van der Waals surface area contributed by atoms with Gasteiger partial charge in [-0.2, -0.15) is 0 Å². The van der Waals surface area contributed by atoms with E-state index in [0.29, 0.717) is 10.9 Å². The van der Waals surface area contributed by atoms with Crippen LogP contribution in [0.5, 0.6) is 0 Å². The first-order valence-electron chi connectivity index (χ1n) is 5.65. The molecule has 0 aliphatic rings. The molecule has 16 heavy (non-hydrogen) atoms. The topological polar surface area (TPSA) is 38.0 Å². The minimum atomic E-state index is 0.451. The van der Waals surface area contributed by atoms with Crippen molar-refractivity contribution in [2.45, 2.75) is 27.2 Å². The summed E-state index contributed by atoms with van der Waals surface area (Å²) in [5.41, 5.74) is 8.89. The van der Waals surface area contributed by atoms with Crippen LogP contribution in [0.4, 0.5) is 5.69 Å². The Kier molecular flexibility index (Phi) is 4.74. The Morgan fingerprint density at radius 1 is 1.44 bits per heavy atom. The highest BCUT2D eigenvalue weighted by Crippen LogP contribution is 2.17. The summed E-state index contributed by atoms with van der Waals surface area (Å²) in [6, 6.07) is 6.10. The second-order valence-corrected chi connectivity index (χ2v) is 4.96. The van der Waals surface area contributed by atoms with E-state index in [-0.39, 0.29) is 0 Å². The van der Waals surface area contributed by atoms with E-state index < -0.39 is 0 Å². The molecule has 1 rings (SSSR count). The molecule has 0 spiro atoms.